The maximum Gasteiger partial charge on any atom is 0.222 e. The molecule has 3 N–H and O–H groups in total. The highest BCUT2D eigenvalue weighted by molar-refractivity contribution is 5.76. The predicted molar refractivity (Wildman–Crippen MR) is 53.5 cm³/mol. The second kappa shape index (κ2) is 5.39. The predicted octanol–water partition coefficient (Wildman–Crippen LogP) is -0.263. The van der Waals surface area contributed by atoms with E-state index in [4.69, 9.17) is 5.73 Å². The second-order valence-corrected chi connectivity index (χ2v) is 3.25. The van der Waals surface area contributed by atoms with Gasteiger partial charge in [0.2, 0.25) is 5.91 Å². The van der Waals surface area contributed by atoms with Crippen LogP contribution in [-0.2, 0) is 11.3 Å². The van der Waals surface area contributed by atoms with Crippen LogP contribution in [0, 0.1) is 0 Å². The summed E-state index contributed by atoms with van der Waals surface area (Å²) in [6, 6.07) is 0.0466. The maximum atomic E-state index is 11.3. The molecule has 0 saturated carbocycles. The molecule has 14 heavy (non-hydrogen) atoms. The van der Waals surface area contributed by atoms with Crippen LogP contribution in [0.25, 0.3) is 0 Å². The van der Waals surface area contributed by atoms with Crippen LogP contribution in [0.15, 0.2) is 18.7 Å². The number of rotatable bonds is 5. The summed E-state index contributed by atoms with van der Waals surface area (Å²) >= 11 is 0. The van der Waals surface area contributed by atoms with Crippen LogP contribution < -0.4 is 11.1 Å². The van der Waals surface area contributed by atoms with Crippen molar-refractivity contribution in [2.75, 3.05) is 6.54 Å². The summed E-state index contributed by atoms with van der Waals surface area (Å²) in [5.41, 5.74) is 5.38. The van der Waals surface area contributed by atoms with Crippen molar-refractivity contribution in [3.63, 3.8) is 0 Å². The zero-order valence-electron chi connectivity index (χ0n) is 8.31. The molecule has 1 unspecified atom stereocenters. The second-order valence-electron chi connectivity index (χ2n) is 3.25. The van der Waals surface area contributed by atoms with Crippen molar-refractivity contribution >= 4 is 5.91 Å². The third kappa shape index (κ3) is 3.57. The fraction of sp³-hybridized carbons (Fsp3) is 0.556. The summed E-state index contributed by atoms with van der Waals surface area (Å²) in [7, 11) is 0. The molecule has 1 atom stereocenters. The molecular weight excluding hydrogens is 180 g/mol. The molecule has 0 aliphatic carbocycles. The molecule has 0 spiro atoms. The number of nitrogens with zero attached hydrogens (tertiary/aromatic N) is 2. The fourth-order valence-electron chi connectivity index (χ4n) is 1.06. The monoisotopic (exact) mass is 196 g/mol. The number of carbonyl (C=O) groups excluding carboxylic acids is 1. The molecule has 1 amide bonds. The summed E-state index contributed by atoms with van der Waals surface area (Å²) in [6.45, 7) is 3.01. The smallest absolute Gasteiger partial charge is 0.222 e. The quantitative estimate of drug-likeness (QED) is 0.681. The van der Waals surface area contributed by atoms with Crippen LogP contribution in [0.3, 0.4) is 0 Å². The molecule has 0 saturated heterocycles. The number of hydrogen-bond acceptors (Lipinski definition) is 3. The van der Waals surface area contributed by atoms with Crippen molar-refractivity contribution in [2.24, 2.45) is 5.73 Å². The number of aryl methyl sites for hydroxylation is 1. The zero-order valence-corrected chi connectivity index (χ0v) is 8.31. The lowest BCUT2D eigenvalue weighted by Gasteiger charge is -2.10. The van der Waals surface area contributed by atoms with Gasteiger partial charge in [0.25, 0.3) is 0 Å². The van der Waals surface area contributed by atoms with Gasteiger partial charge in [0.1, 0.15) is 0 Å². The molecule has 1 heterocycles. The third-order valence-corrected chi connectivity index (χ3v) is 1.92. The van der Waals surface area contributed by atoms with E-state index in [9.17, 15) is 4.79 Å². The number of nitrogens with two attached hydrogens (primary N) is 1. The van der Waals surface area contributed by atoms with Gasteiger partial charge in [0.15, 0.2) is 0 Å². The van der Waals surface area contributed by atoms with Crippen molar-refractivity contribution in [3.8, 4) is 0 Å². The lowest BCUT2D eigenvalue weighted by Crippen LogP contribution is -2.38. The van der Waals surface area contributed by atoms with Crippen LogP contribution in [0.2, 0.25) is 0 Å². The standard InChI is InChI=1S/C9H16N4O/c1-8(6-10)12-9(14)2-4-13-5-3-11-7-13/h3,5,7-8H,2,4,6,10H2,1H3,(H,12,14). The topological polar surface area (TPSA) is 72.9 Å². The van der Waals surface area contributed by atoms with Crippen LogP contribution in [0.4, 0.5) is 0 Å². The Bertz CT molecular complexity index is 270. The summed E-state index contributed by atoms with van der Waals surface area (Å²) in [5.74, 6) is 0.0247. The molecule has 0 aliphatic heterocycles. The fourth-order valence-corrected chi connectivity index (χ4v) is 1.06. The minimum absolute atomic E-state index is 0.0247. The van der Waals surface area contributed by atoms with E-state index in [-0.39, 0.29) is 11.9 Å². The van der Waals surface area contributed by atoms with Gasteiger partial charge in [-0.2, -0.15) is 0 Å². The van der Waals surface area contributed by atoms with Gasteiger partial charge >= 0.3 is 0 Å². The first-order chi connectivity index (χ1) is 6.72. The van der Waals surface area contributed by atoms with Gasteiger partial charge in [-0.25, -0.2) is 4.98 Å². The van der Waals surface area contributed by atoms with Crippen LogP contribution in [-0.4, -0.2) is 28.0 Å². The number of hydrogen-bond donors (Lipinski definition) is 2. The van der Waals surface area contributed by atoms with E-state index >= 15 is 0 Å². The summed E-state index contributed by atoms with van der Waals surface area (Å²) in [5, 5.41) is 2.79. The van der Waals surface area contributed by atoms with Crippen molar-refractivity contribution in [2.45, 2.75) is 25.9 Å². The van der Waals surface area contributed by atoms with Crippen LogP contribution in [0.1, 0.15) is 13.3 Å². The molecule has 1 aromatic heterocycles. The number of nitrogens with one attached hydrogen (secondary N) is 1. The van der Waals surface area contributed by atoms with Crippen LogP contribution in [0.5, 0.6) is 0 Å². The van der Waals surface area contributed by atoms with Crippen molar-refractivity contribution < 1.29 is 4.79 Å². The number of amides is 1. The number of imidazole rings is 1. The first-order valence-electron chi connectivity index (χ1n) is 4.67. The Labute approximate surface area is 83.3 Å². The SMILES string of the molecule is CC(CN)NC(=O)CCn1ccnc1. The lowest BCUT2D eigenvalue weighted by atomic mass is 10.3. The van der Waals surface area contributed by atoms with Gasteiger partial charge < -0.3 is 15.6 Å². The molecule has 78 valence electrons. The van der Waals surface area contributed by atoms with E-state index in [1.165, 1.54) is 0 Å². The first-order valence-corrected chi connectivity index (χ1v) is 4.67. The van der Waals surface area contributed by atoms with E-state index in [2.05, 4.69) is 10.3 Å². The minimum atomic E-state index is 0.0247. The molecule has 0 aromatic carbocycles. The number of aromatic nitrogens is 2. The highest BCUT2D eigenvalue weighted by atomic mass is 16.1. The Balaban J connectivity index is 2.22. The molecule has 0 radical (unpaired) electrons. The zero-order chi connectivity index (χ0) is 10.4. The molecule has 1 aromatic rings. The van der Waals surface area contributed by atoms with Gasteiger partial charge in [-0.3, -0.25) is 4.79 Å². The summed E-state index contributed by atoms with van der Waals surface area (Å²) in [4.78, 5) is 15.2. The van der Waals surface area contributed by atoms with E-state index in [1.54, 1.807) is 12.5 Å². The Hall–Kier alpha value is -1.36. The van der Waals surface area contributed by atoms with Crippen molar-refractivity contribution in [3.05, 3.63) is 18.7 Å². The van der Waals surface area contributed by atoms with Gasteiger partial charge in [-0.05, 0) is 6.92 Å². The van der Waals surface area contributed by atoms with E-state index in [0.717, 1.165) is 0 Å². The Kier molecular flexibility index (Phi) is 4.12. The van der Waals surface area contributed by atoms with Gasteiger partial charge in [0, 0.05) is 37.9 Å². The average Bonchev–Trinajstić information content (AvgIpc) is 2.67. The van der Waals surface area contributed by atoms with E-state index in [0.29, 0.717) is 19.5 Å². The highest BCUT2D eigenvalue weighted by Gasteiger charge is 2.04. The minimum Gasteiger partial charge on any atom is -0.352 e. The van der Waals surface area contributed by atoms with Gasteiger partial charge in [0.05, 0.1) is 6.33 Å². The van der Waals surface area contributed by atoms with E-state index in [1.807, 2.05) is 17.7 Å². The van der Waals surface area contributed by atoms with Crippen LogP contribution >= 0.6 is 0 Å². The van der Waals surface area contributed by atoms with Crippen molar-refractivity contribution in [1.82, 2.24) is 14.9 Å². The van der Waals surface area contributed by atoms with Gasteiger partial charge in [-0.15, -0.1) is 0 Å². The molecule has 0 fully saturated rings. The first kappa shape index (κ1) is 10.7. The lowest BCUT2D eigenvalue weighted by molar-refractivity contribution is -0.121. The maximum absolute atomic E-state index is 11.3. The van der Waals surface area contributed by atoms with Gasteiger partial charge in [-0.1, -0.05) is 0 Å². The number of carbonyl (C=O) groups is 1. The summed E-state index contributed by atoms with van der Waals surface area (Å²) in [6.07, 6.45) is 5.68. The molecule has 5 heteroatoms. The average molecular weight is 196 g/mol. The molecule has 1 rings (SSSR count). The molecular formula is C9H16N4O. The van der Waals surface area contributed by atoms with Crippen molar-refractivity contribution in [1.29, 1.82) is 0 Å². The normalized spacial score (nSPS) is 12.4. The molecule has 0 bridgehead atoms. The molecule has 0 aliphatic rings. The Morgan fingerprint density at radius 3 is 3.07 bits per heavy atom. The molecule has 5 nitrogen and oxygen atoms in total. The Morgan fingerprint density at radius 1 is 1.71 bits per heavy atom. The largest absolute Gasteiger partial charge is 0.352 e. The third-order valence-electron chi connectivity index (χ3n) is 1.92. The highest BCUT2D eigenvalue weighted by Crippen LogP contribution is 1.91. The van der Waals surface area contributed by atoms with E-state index < -0.39 is 0 Å². The summed E-state index contributed by atoms with van der Waals surface area (Å²) < 4.78 is 1.87. The Morgan fingerprint density at radius 2 is 2.50 bits per heavy atom.